The molecule has 0 spiro atoms. The Morgan fingerprint density at radius 3 is 0.910 bits per heavy atom. The predicted molar refractivity (Wildman–Crippen MR) is 573 cm³/mol. The fraction of sp³-hybridized carbons (Fsp3) is 0.0991. The molecule has 0 radical (unpaired) electrons. The number of allylic oxidation sites excluding steroid dienone is 5. The average Bonchev–Trinajstić information content (AvgIpc) is 1.63. The second-order valence-corrected chi connectivity index (χ2v) is 33.6. The molecule has 0 unspecified atom stereocenters. The van der Waals surface area contributed by atoms with Crippen LogP contribution in [0.15, 0.2) is 364 Å². The molecule has 0 saturated carbocycles. The number of benzene rings is 7. The number of rotatable bonds is 26. The minimum absolute atomic E-state index is 0.579. The zero-order chi connectivity index (χ0) is 97.4. The topological polar surface area (TPSA) is 402 Å². The van der Waals surface area contributed by atoms with Gasteiger partial charge in [0.15, 0.2) is 0 Å². The van der Waals surface area contributed by atoms with Crippen molar-refractivity contribution < 1.29 is 28.1 Å². The van der Waals surface area contributed by atoms with Crippen LogP contribution >= 0.6 is 11.3 Å². The quantitative estimate of drug-likeness (QED) is 0.0241. The lowest BCUT2D eigenvalue weighted by Crippen LogP contribution is -2.02. The van der Waals surface area contributed by atoms with Crippen LogP contribution in [0, 0.1) is 0 Å². The molecule has 32 nitrogen and oxygen atoms in total. The number of nitrogens with one attached hydrogen (secondary N) is 10. The number of ether oxygens (including phenoxy) is 5. The molecule has 0 fully saturated rings. The number of aliphatic imine (C=N–C) groups is 5. The van der Waals surface area contributed by atoms with Crippen LogP contribution in [-0.4, -0.2) is 176 Å². The Kier molecular flexibility index (Phi) is 26.9. The largest absolute Gasteiger partial charge is 0.495 e. The van der Waals surface area contributed by atoms with Crippen LogP contribution in [0.25, 0.3) is 111 Å². The molecule has 20 aromatic rings. The molecule has 5 aliphatic heterocycles. The lowest BCUT2D eigenvalue weighted by atomic mass is 10.0. The van der Waals surface area contributed by atoms with E-state index in [4.69, 9.17) is 28.1 Å². The summed E-state index contributed by atoms with van der Waals surface area (Å²) >= 11 is 1.68. The van der Waals surface area contributed by atoms with Gasteiger partial charge in [0, 0.05) is 76.1 Å². The van der Waals surface area contributed by atoms with E-state index in [1.807, 2.05) is 214 Å². The van der Waals surface area contributed by atoms with Gasteiger partial charge in [-0.05, 0) is 178 Å². The van der Waals surface area contributed by atoms with Gasteiger partial charge < -0.3 is 79.6 Å². The Bertz CT molecular complexity index is 8030. The molecule has 18 heterocycles. The van der Waals surface area contributed by atoms with Crippen LogP contribution < -0.4 is 50.3 Å². The van der Waals surface area contributed by atoms with Crippen molar-refractivity contribution in [3.05, 3.63) is 363 Å². The monoisotopic (exact) mass is 1920 g/mol. The number of fused-ring (bicyclic) bond motifs is 5. The second-order valence-electron chi connectivity index (χ2n) is 32.8. The van der Waals surface area contributed by atoms with E-state index < -0.39 is 0 Å². The maximum atomic E-state index is 5.88. The summed E-state index contributed by atoms with van der Waals surface area (Å²) in [6.07, 6.45) is 42.8. The second kappa shape index (κ2) is 42.4. The van der Waals surface area contributed by atoms with Crippen LogP contribution in [0.2, 0.25) is 0 Å². The third-order valence-corrected chi connectivity index (χ3v) is 24.9. The Balaban J connectivity index is 0.000000106. The summed E-state index contributed by atoms with van der Waals surface area (Å²) in [7, 11) is 6.63. The number of aromatic nitrogens is 16. The molecule has 0 aliphatic carbocycles. The van der Waals surface area contributed by atoms with Crippen molar-refractivity contribution >= 4 is 153 Å². The molecule has 144 heavy (non-hydrogen) atoms. The Morgan fingerprint density at radius 2 is 0.618 bits per heavy atom. The molecular weight excluding hydrogens is 1830 g/mol. The van der Waals surface area contributed by atoms with Crippen molar-refractivity contribution in [3.8, 4) is 84.5 Å². The lowest BCUT2D eigenvalue weighted by molar-refractivity contribution is 0.342. The molecule has 5 aliphatic rings. The van der Waals surface area contributed by atoms with Crippen molar-refractivity contribution in [2.24, 2.45) is 25.0 Å². The van der Waals surface area contributed by atoms with Gasteiger partial charge in [-0.25, -0.2) is 49.8 Å². The van der Waals surface area contributed by atoms with Gasteiger partial charge in [-0.1, -0.05) is 121 Å². The van der Waals surface area contributed by atoms with E-state index in [2.05, 4.69) is 209 Å². The normalized spacial score (nSPS) is 13.0. The molecule has 13 aromatic heterocycles. The summed E-state index contributed by atoms with van der Waals surface area (Å²) in [5.74, 6) is 7.21. The molecule has 708 valence electrons. The number of furan rings is 1. The van der Waals surface area contributed by atoms with Crippen molar-refractivity contribution in [3.63, 3.8) is 0 Å². The van der Waals surface area contributed by atoms with Crippen molar-refractivity contribution in [1.82, 2.24) is 79.7 Å². The van der Waals surface area contributed by atoms with E-state index in [0.717, 1.165) is 207 Å². The number of methoxy groups -OCH3 is 4. The van der Waals surface area contributed by atoms with Crippen LogP contribution in [-0.2, 0) is 0 Å². The van der Waals surface area contributed by atoms with Gasteiger partial charge in [0.05, 0.1) is 170 Å². The Hall–Kier alpha value is -19.2. The SMILES string of the molecule is CCOc1ccc(-c2ccccc2)cc1Nc1ncnc2[nH]cc(C3=NCC=C3)c12.COc1ccc(-c2ccccc2)cc1Nc1ncnc2[nH]cc(C3=NCC=C3)c12.COc1ccc(-c2ccccn2)cc1Nc1ncnc2[nH]cc(C3=NCC=C3)c12.COc1ccc(-c2ccoc2)cc1Nc1ncnc2[nH]cc(C3=NCC=C3)c12.COc1ccc(-c2ccsc2)cc1Nc1ncnc2[nH]cc(C3=NCC=C3)c12. The van der Waals surface area contributed by atoms with Gasteiger partial charge in [-0.15, -0.1) is 0 Å². The first-order valence-electron chi connectivity index (χ1n) is 46.3. The average molecular weight is 1920 g/mol. The molecule has 10 N–H and O–H groups in total. The number of pyridine rings is 1. The maximum Gasteiger partial charge on any atom is 0.144 e. The third kappa shape index (κ3) is 19.6. The summed E-state index contributed by atoms with van der Waals surface area (Å²) < 4.78 is 33.3. The molecule has 7 aromatic carbocycles. The summed E-state index contributed by atoms with van der Waals surface area (Å²) in [4.78, 5) is 87.5. The molecule has 25 rings (SSSR count). The maximum absolute atomic E-state index is 5.88. The van der Waals surface area contributed by atoms with Crippen molar-refractivity contribution in [1.29, 1.82) is 0 Å². The first-order chi connectivity index (χ1) is 71.2. The fourth-order valence-electron chi connectivity index (χ4n) is 17.3. The highest BCUT2D eigenvalue weighted by atomic mass is 32.1. The predicted octanol–water partition coefficient (Wildman–Crippen LogP) is 23.1. The number of nitrogens with zero attached hydrogens (tertiary/aromatic N) is 16. The first kappa shape index (κ1) is 91.2. The standard InChI is InChI=1S/C24H21N5O.C23H19N5O.C22H18N6O.C21H17N5O2.C21H17N5OS/c1-2-30-21-11-10-17(16-7-4-3-5-8-16)13-20(21)29-24-22-18(19-9-6-12-25-19)14-26-23(22)27-15-28-24;1-29-20-10-9-16(15-6-3-2-4-7-15)12-19(20)28-23-21-17(18-8-5-11-24-18)13-25-22(21)26-14-27-23;1-29-19-8-7-14(16-5-2-3-9-23-16)11-18(19)28-22-20-15(17-6-4-10-24-17)12-25-21(20)26-13-27-22;2*1-27-18-5-4-13(14-6-8-28-11-14)9-17(18)26-21-19-15(16-3-2-7-22-16)10-23-20(19)24-12-25-21/h3-11,13-15H,2,12H2,1H3,(H2,26,27,28,29);2-10,12-14H,11H2,1H3,(H2,25,26,27,28);2-9,11-13H,10H2,1H3,(H2,25,26,27,28);2*2-6,8-12H,7H2,1H3,(H2,23,24,25,26). The molecule has 33 heteroatoms. The third-order valence-electron chi connectivity index (χ3n) is 24.2. The highest BCUT2D eigenvalue weighted by Crippen LogP contribution is 2.43. The summed E-state index contributed by atoms with van der Waals surface area (Å²) in [6.45, 7) is 6.05. The molecule has 0 saturated heterocycles. The van der Waals surface area contributed by atoms with E-state index in [1.54, 1.807) is 77.5 Å². The van der Waals surface area contributed by atoms with Gasteiger partial charge in [0.1, 0.15) is 118 Å². The van der Waals surface area contributed by atoms with Crippen LogP contribution in [0.5, 0.6) is 28.7 Å². The minimum Gasteiger partial charge on any atom is -0.495 e. The zero-order valence-corrected chi connectivity index (χ0v) is 79.3. The number of thiophene rings is 1. The van der Waals surface area contributed by atoms with E-state index >= 15 is 0 Å². The highest BCUT2D eigenvalue weighted by Gasteiger charge is 2.26. The fourth-order valence-corrected chi connectivity index (χ4v) is 18.0. The number of hydrogen-bond acceptors (Lipinski definition) is 28. The van der Waals surface area contributed by atoms with Crippen molar-refractivity contribution in [2.45, 2.75) is 6.92 Å². The van der Waals surface area contributed by atoms with Crippen LogP contribution in [0.3, 0.4) is 0 Å². The van der Waals surface area contributed by atoms with Gasteiger partial charge in [-0.2, -0.15) is 11.3 Å². The molecule has 0 amide bonds. The molecular formula is C111H92N26O6S. The highest BCUT2D eigenvalue weighted by molar-refractivity contribution is 7.08. The van der Waals surface area contributed by atoms with Gasteiger partial charge in [0.25, 0.3) is 0 Å². The number of H-pyrrole nitrogens is 5. The zero-order valence-electron chi connectivity index (χ0n) is 78.5. The van der Waals surface area contributed by atoms with Crippen molar-refractivity contribution in [2.75, 3.05) is 94.4 Å². The summed E-state index contributed by atoms with van der Waals surface area (Å²) in [5.41, 5.74) is 28.1. The molecule has 0 bridgehead atoms. The first-order valence-corrected chi connectivity index (χ1v) is 47.2. The van der Waals surface area contributed by atoms with Crippen LogP contribution in [0.1, 0.15) is 34.7 Å². The van der Waals surface area contributed by atoms with Gasteiger partial charge in [0.2, 0.25) is 0 Å². The summed E-state index contributed by atoms with van der Waals surface area (Å²) in [6, 6.07) is 60.6. The lowest BCUT2D eigenvalue weighted by Gasteiger charge is -2.15. The van der Waals surface area contributed by atoms with Gasteiger partial charge >= 0.3 is 0 Å². The smallest absolute Gasteiger partial charge is 0.144 e. The Morgan fingerprint density at radius 1 is 0.306 bits per heavy atom. The van der Waals surface area contributed by atoms with Crippen LogP contribution in [0.4, 0.5) is 57.5 Å². The number of hydrogen-bond donors (Lipinski definition) is 10. The van der Waals surface area contributed by atoms with E-state index in [0.29, 0.717) is 79.9 Å². The Labute approximate surface area is 828 Å². The summed E-state index contributed by atoms with van der Waals surface area (Å²) in [5, 5.41) is 25.9. The van der Waals surface area contributed by atoms with E-state index in [-0.39, 0.29) is 0 Å². The number of aromatic amines is 5. The molecule has 0 atom stereocenters. The van der Waals surface area contributed by atoms with E-state index in [9.17, 15) is 0 Å². The van der Waals surface area contributed by atoms with E-state index in [1.165, 1.54) is 18.2 Å². The minimum atomic E-state index is 0.579. The van der Waals surface area contributed by atoms with Gasteiger partial charge in [-0.3, -0.25) is 29.9 Å². The number of anilines is 10.